The van der Waals surface area contributed by atoms with Crippen molar-refractivity contribution in [2.45, 2.75) is 6.92 Å². The molecule has 0 fully saturated rings. The van der Waals surface area contributed by atoms with Crippen molar-refractivity contribution in [3.63, 3.8) is 0 Å². The van der Waals surface area contributed by atoms with Crippen LogP contribution in [0.5, 0.6) is 0 Å². The number of anilines is 2. The third-order valence-electron chi connectivity index (χ3n) is 2.67. The number of benzene rings is 1. The van der Waals surface area contributed by atoms with Gasteiger partial charge in [-0.2, -0.15) is 0 Å². The molecular formula is C12H9FN4O2. The van der Waals surface area contributed by atoms with Gasteiger partial charge in [0.1, 0.15) is 11.5 Å². The van der Waals surface area contributed by atoms with E-state index in [0.717, 1.165) is 5.56 Å². The number of rotatable bonds is 2. The number of nitrogens with zero attached hydrogens (tertiary/aromatic N) is 2. The van der Waals surface area contributed by atoms with Crippen LogP contribution in [0.1, 0.15) is 5.56 Å². The number of aryl methyl sites for hydroxylation is 1. The number of H-pyrrole nitrogens is 1. The molecule has 0 amide bonds. The lowest BCUT2D eigenvalue weighted by atomic mass is 10.2. The van der Waals surface area contributed by atoms with E-state index >= 15 is 0 Å². The molecule has 0 saturated carbocycles. The quantitative estimate of drug-likeness (QED) is 0.737. The molecule has 0 saturated heterocycles. The molecule has 0 spiro atoms. The first-order chi connectivity index (χ1) is 9.13. The van der Waals surface area contributed by atoms with Gasteiger partial charge in [0.15, 0.2) is 5.52 Å². The van der Waals surface area contributed by atoms with Crippen molar-refractivity contribution in [3.8, 4) is 0 Å². The van der Waals surface area contributed by atoms with Crippen LogP contribution in [0.2, 0.25) is 0 Å². The van der Waals surface area contributed by atoms with Gasteiger partial charge in [-0.15, -0.1) is 0 Å². The third-order valence-corrected chi connectivity index (χ3v) is 2.67. The SMILES string of the molecule is Cc1ccc(Nc2cc3nonc3[nH]c2=O)c(F)c1. The largest absolute Gasteiger partial charge is 0.349 e. The predicted molar refractivity (Wildman–Crippen MR) is 66.8 cm³/mol. The normalized spacial score (nSPS) is 10.8. The Hall–Kier alpha value is -2.70. The minimum Gasteiger partial charge on any atom is -0.349 e. The maximum Gasteiger partial charge on any atom is 0.273 e. The Morgan fingerprint density at radius 2 is 2.11 bits per heavy atom. The van der Waals surface area contributed by atoms with E-state index in [1.807, 2.05) is 0 Å². The molecule has 2 aromatic heterocycles. The highest BCUT2D eigenvalue weighted by Gasteiger charge is 2.09. The van der Waals surface area contributed by atoms with E-state index in [9.17, 15) is 9.18 Å². The summed E-state index contributed by atoms with van der Waals surface area (Å²) in [4.78, 5) is 14.2. The van der Waals surface area contributed by atoms with E-state index in [0.29, 0.717) is 5.52 Å². The molecule has 1 aromatic carbocycles. The van der Waals surface area contributed by atoms with E-state index in [1.54, 1.807) is 19.1 Å². The second kappa shape index (κ2) is 4.20. The third kappa shape index (κ3) is 2.05. The second-order valence-electron chi connectivity index (χ2n) is 4.12. The summed E-state index contributed by atoms with van der Waals surface area (Å²) in [6.45, 7) is 1.78. The summed E-state index contributed by atoms with van der Waals surface area (Å²) in [5, 5.41) is 9.84. The maximum atomic E-state index is 13.7. The minimum absolute atomic E-state index is 0.172. The number of aromatic amines is 1. The molecule has 2 heterocycles. The predicted octanol–water partition coefficient (Wildman–Crippen LogP) is 2.10. The van der Waals surface area contributed by atoms with Gasteiger partial charge in [0.05, 0.1) is 5.69 Å². The molecule has 96 valence electrons. The van der Waals surface area contributed by atoms with Gasteiger partial charge in [0.2, 0.25) is 5.65 Å². The maximum absolute atomic E-state index is 13.7. The fourth-order valence-corrected chi connectivity index (χ4v) is 1.71. The number of pyridine rings is 1. The number of hydrogen-bond donors (Lipinski definition) is 2. The summed E-state index contributed by atoms with van der Waals surface area (Å²) in [5.41, 5.74) is 1.39. The van der Waals surface area contributed by atoms with Crippen LogP contribution >= 0.6 is 0 Å². The lowest BCUT2D eigenvalue weighted by molar-refractivity contribution is 0.314. The molecule has 3 rings (SSSR count). The number of aromatic nitrogens is 3. The highest BCUT2D eigenvalue weighted by atomic mass is 19.1. The Morgan fingerprint density at radius 3 is 2.89 bits per heavy atom. The van der Waals surface area contributed by atoms with Crippen molar-refractivity contribution < 1.29 is 9.02 Å². The lowest BCUT2D eigenvalue weighted by Gasteiger charge is -2.06. The van der Waals surface area contributed by atoms with Crippen LogP contribution in [0, 0.1) is 12.7 Å². The standard InChI is InChI=1S/C12H9FN4O2/c1-6-2-3-8(7(13)4-6)14-10-5-9-11(15-12(10)18)17-19-16-9/h2-5,14H,1H3,(H,15,17,18). The van der Waals surface area contributed by atoms with Crippen LogP contribution in [0.4, 0.5) is 15.8 Å². The van der Waals surface area contributed by atoms with Gasteiger partial charge in [-0.25, -0.2) is 9.02 Å². The molecule has 0 radical (unpaired) electrons. The molecule has 0 aliphatic carbocycles. The van der Waals surface area contributed by atoms with Crippen LogP contribution in [-0.4, -0.2) is 15.3 Å². The van der Waals surface area contributed by atoms with Crippen LogP contribution < -0.4 is 10.9 Å². The zero-order chi connectivity index (χ0) is 13.4. The van der Waals surface area contributed by atoms with Crippen molar-refractivity contribution in [3.05, 3.63) is 46.0 Å². The van der Waals surface area contributed by atoms with Gasteiger partial charge < -0.3 is 10.3 Å². The molecule has 0 bridgehead atoms. The van der Waals surface area contributed by atoms with Gasteiger partial charge in [-0.05, 0) is 34.9 Å². The molecule has 19 heavy (non-hydrogen) atoms. The van der Waals surface area contributed by atoms with Crippen molar-refractivity contribution in [1.82, 2.24) is 15.3 Å². The number of halogens is 1. The summed E-state index contributed by atoms with van der Waals surface area (Å²) in [6.07, 6.45) is 0. The molecular weight excluding hydrogens is 251 g/mol. The van der Waals surface area contributed by atoms with Crippen molar-refractivity contribution in [2.24, 2.45) is 0 Å². The van der Waals surface area contributed by atoms with E-state index in [-0.39, 0.29) is 17.0 Å². The molecule has 0 aliphatic rings. The summed E-state index contributed by atoms with van der Waals surface area (Å²) in [6, 6.07) is 6.14. The molecule has 7 heteroatoms. The van der Waals surface area contributed by atoms with Gasteiger partial charge in [0.25, 0.3) is 5.56 Å². The molecule has 0 unspecified atom stereocenters. The van der Waals surface area contributed by atoms with Gasteiger partial charge in [-0.3, -0.25) is 4.79 Å². The van der Waals surface area contributed by atoms with E-state index < -0.39 is 11.4 Å². The zero-order valence-electron chi connectivity index (χ0n) is 9.90. The minimum atomic E-state index is -0.433. The second-order valence-corrected chi connectivity index (χ2v) is 4.12. The van der Waals surface area contributed by atoms with E-state index in [1.165, 1.54) is 12.1 Å². The smallest absolute Gasteiger partial charge is 0.273 e. The van der Waals surface area contributed by atoms with Crippen molar-refractivity contribution in [2.75, 3.05) is 5.32 Å². The summed E-state index contributed by atoms with van der Waals surface area (Å²) in [7, 11) is 0. The highest BCUT2D eigenvalue weighted by molar-refractivity contribution is 5.74. The van der Waals surface area contributed by atoms with Gasteiger partial charge >= 0.3 is 0 Å². The Morgan fingerprint density at radius 1 is 1.26 bits per heavy atom. The number of nitrogens with one attached hydrogen (secondary N) is 2. The molecule has 0 atom stereocenters. The first kappa shape index (κ1) is 11.4. The van der Waals surface area contributed by atoms with Crippen LogP contribution in [0.25, 0.3) is 11.2 Å². The summed E-state index contributed by atoms with van der Waals surface area (Å²) < 4.78 is 18.2. The molecule has 3 aromatic rings. The Balaban J connectivity index is 2.04. The molecule has 6 nitrogen and oxygen atoms in total. The van der Waals surface area contributed by atoms with Crippen LogP contribution in [0.15, 0.2) is 33.7 Å². The van der Waals surface area contributed by atoms with Crippen LogP contribution in [0.3, 0.4) is 0 Å². The van der Waals surface area contributed by atoms with Gasteiger partial charge in [-0.1, -0.05) is 6.07 Å². The Bertz CT molecular complexity index is 809. The van der Waals surface area contributed by atoms with E-state index in [2.05, 4.69) is 25.2 Å². The molecule has 0 aliphatic heterocycles. The Labute approximate surface area is 106 Å². The number of fused-ring (bicyclic) bond motifs is 1. The first-order valence-electron chi connectivity index (χ1n) is 5.52. The average Bonchev–Trinajstić information content (AvgIpc) is 2.80. The zero-order valence-corrected chi connectivity index (χ0v) is 9.90. The lowest BCUT2D eigenvalue weighted by Crippen LogP contribution is -2.11. The van der Waals surface area contributed by atoms with Crippen LogP contribution in [-0.2, 0) is 0 Å². The fraction of sp³-hybridized carbons (Fsp3) is 0.0833. The molecule has 2 N–H and O–H groups in total. The van der Waals surface area contributed by atoms with E-state index in [4.69, 9.17) is 0 Å². The van der Waals surface area contributed by atoms with Gasteiger partial charge in [0, 0.05) is 6.07 Å². The highest BCUT2D eigenvalue weighted by Crippen LogP contribution is 2.19. The van der Waals surface area contributed by atoms with Crippen molar-refractivity contribution >= 4 is 22.5 Å². The Kier molecular flexibility index (Phi) is 2.52. The average molecular weight is 260 g/mol. The summed E-state index contributed by atoms with van der Waals surface area (Å²) >= 11 is 0. The summed E-state index contributed by atoms with van der Waals surface area (Å²) in [5.74, 6) is -0.433. The first-order valence-corrected chi connectivity index (χ1v) is 5.52. The fourth-order valence-electron chi connectivity index (χ4n) is 1.71. The number of hydrogen-bond acceptors (Lipinski definition) is 5. The monoisotopic (exact) mass is 260 g/mol. The van der Waals surface area contributed by atoms with Crippen molar-refractivity contribution in [1.29, 1.82) is 0 Å². The topological polar surface area (TPSA) is 83.8 Å².